The van der Waals surface area contributed by atoms with Gasteiger partial charge in [0.05, 0.1) is 15.7 Å². The normalized spacial score (nSPS) is 22.9. The van der Waals surface area contributed by atoms with Crippen molar-refractivity contribution >= 4 is 45.1 Å². The molecule has 3 atom stereocenters. The molecule has 3 saturated carbocycles. The number of rotatable bonds is 10. The zero-order valence-corrected chi connectivity index (χ0v) is 21.5. The third-order valence-corrected chi connectivity index (χ3v) is 8.79. The fraction of sp³-hybridized carbons (Fsp3) is 0.600. The molecule has 3 aliphatic carbocycles. The van der Waals surface area contributed by atoms with E-state index in [1.54, 1.807) is 11.3 Å². The molecule has 1 aromatic carbocycles. The van der Waals surface area contributed by atoms with Crippen LogP contribution in [0.1, 0.15) is 39.5 Å². The van der Waals surface area contributed by atoms with Gasteiger partial charge in [0, 0.05) is 25.8 Å². The Kier molecular flexibility index (Phi) is 6.57. The number of benzene rings is 1. The van der Waals surface area contributed by atoms with Gasteiger partial charge in [0.25, 0.3) is 0 Å². The maximum absolute atomic E-state index is 4.78. The maximum Gasteiger partial charge on any atom is 0.233 e. The SMILES string of the molecule is CNCCCN(C)c1nc(NCC2CCC3CC2C3(C)C)nc(Nc2ccc3ncsc3c2)n1. The summed E-state index contributed by atoms with van der Waals surface area (Å²) in [6.07, 6.45) is 5.04. The van der Waals surface area contributed by atoms with Gasteiger partial charge in [0.2, 0.25) is 17.8 Å². The molecule has 3 fully saturated rings. The van der Waals surface area contributed by atoms with Gasteiger partial charge in [0.15, 0.2) is 0 Å². The first-order valence-corrected chi connectivity index (χ1v) is 13.3. The van der Waals surface area contributed by atoms with Gasteiger partial charge in [-0.3, -0.25) is 0 Å². The Morgan fingerprint density at radius 3 is 2.79 bits per heavy atom. The van der Waals surface area contributed by atoms with E-state index in [0.29, 0.717) is 29.2 Å². The number of fused-ring (bicyclic) bond motifs is 3. The van der Waals surface area contributed by atoms with Crippen molar-refractivity contribution in [1.29, 1.82) is 0 Å². The highest BCUT2D eigenvalue weighted by Crippen LogP contribution is 2.61. The van der Waals surface area contributed by atoms with Gasteiger partial charge < -0.3 is 20.9 Å². The first-order chi connectivity index (χ1) is 16.4. The monoisotopic (exact) mass is 480 g/mol. The van der Waals surface area contributed by atoms with Crippen molar-refractivity contribution in [3.8, 4) is 0 Å². The molecule has 0 saturated heterocycles. The summed E-state index contributed by atoms with van der Waals surface area (Å²) in [7, 11) is 4.02. The summed E-state index contributed by atoms with van der Waals surface area (Å²) in [6.45, 7) is 7.64. The molecule has 2 aromatic heterocycles. The van der Waals surface area contributed by atoms with Gasteiger partial charge in [-0.25, -0.2) is 4.98 Å². The second-order valence-corrected chi connectivity index (χ2v) is 11.3. The Morgan fingerprint density at radius 2 is 2.00 bits per heavy atom. The molecule has 0 spiro atoms. The summed E-state index contributed by atoms with van der Waals surface area (Å²) >= 11 is 1.63. The predicted octanol–water partition coefficient (Wildman–Crippen LogP) is 4.75. The Hall–Kier alpha value is -2.52. The van der Waals surface area contributed by atoms with Crippen LogP contribution < -0.4 is 20.9 Å². The van der Waals surface area contributed by atoms with Crippen molar-refractivity contribution in [1.82, 2.24) is 25.3 Å². The molecule has 2 bridgehead atoms. The third kappa shape index (κ3) is 4.68. The van der Waals surface area contributed by atoms with Crippen molar-refractivity contribution in [2.24, 2.45) is 23.2 Å². The van der Waals surface area contributed by atoms with Gasteiger partial charge >= 0.3 is 0 Å². The average molecular weight is 481 g/mol. The topological polar surface area (TPSA) is 90.9 Å². The van der Waals surface area contributed by atoms with E-state index in [4.69, 9.17) is 15.0 Å². The lowest BCUT2D eigenvalue weighted by atomic mass is 9.45. The molecular formula is C25H36N8S. The number of aromatic nitrogens is 4. The zero-order chi connectivity index (χ0) is 23.7. The Bertz CT molecular complexity index is 1130. The second kappa shape index (κ2) is 9.62. The molecule has 8 nitrogen and oxygen atoms in total. The van der Waals surface area contributed by atoms with E-state index in [2.05, 4.69) is 45.7 Å². The third-order valence-electron chi connectivity index (χ3n) is 8.00. The van der Waals surface area contributed by atoms with Gasteiger partial charge in [-0.1, -0.05) is 13.8 Å². The van der Waals surface area contributed by atoms with Crippen LogP contribution in [-0.4, -0.2) is 53.7 Å². The minimum Gasteiger partial charge on any atom is -0.354 e. The molecule has 182 valence electrons. The number of hydrogen-bond donors (Lipinski definition) is 3. The Labute approximate surface area is 206 Å². The van der Waals surface area contributed by atoms with E-state index < -0.39 is 0 Å². The summed E-state index contributed by atoms with van der Waals surface area (Å²) in [5.41, 5.74) is 4.30. The standard InChI is InChI=1S/C25H36N8S/c1-25(2)17-7-6-16(19(25)12-17)14-27-22-30-23(32-24(31-22)33(4)11-5-10-26-3)29-18-8-9-20-21(13-18)34-15-28-20/h8-9,13,15-17,19,26H,5-7,10-12,14H2,1-4H3,(H2,27,29,30,31,32). The van der Waals surface area contributed by atoms with E-state index in [0.717, 1.165) is 53.8 Å². The van der Waals surface area contributed by atoms with Crippen LogP contribution >= 0.6 is 11.3 Å². The van der Waals surface area contributed by atoms with E-state index in [9.17, 15) is 0 Å². The smallest absolute Gasteiger partial charge is 0.233 e. The van der Waals surface area contributed by atoms with E-state index >= 15 is 0 Å². The molecule has 3 N–H and O–H groups in total. The van der Waals surface area contributed by atoms with Crippen LogP contribution in [0.3, 0.4) is 0 Å². The lowest BCUT2D eigenvalue weighted by Gasteiger charge is -2.60. The first-order valence-electron chi connectivity index (χ1n) is 12.4. The summed E-state index contributed by atoms with van der Waals surface area (Å²) < 4.78 is 1.14. The molecule has 3 unspecified atom stereocenters. The van der Waals surface area contributed by atoms with Crippen molar-refractivity contribution in [3.05, 3.63) is 23.7 Å². The molecule has 2 heterocycles. The van der Waals surface area contributed by atoms with Gasteiger partial charge in [-0.2, -0.15) is 15.0 Å². The van der Waals surface area contributed by atoms with Crippen LogP contribution in [0.5, 0.6) is 0 Å². The van der Waals surface area contributed by atoms with Gasteiger partial charge in [-0.05, 0) is 80.6 Å². The quantitative estimate of drug-likeness (QED) is 0.358. The number of nitrogens with zero attached hydrogens (tertiary/aromatic N) is 5. The van der Waals surface area contributed by atoms with Crippen LogP contribution in [0.25, 0.3) is 10.2 Å². The molecule has 3 aromatic rings. The fourth-order valence-corrected chi connectivity index (χ4v) is 6.47. The van der Waals surface area contributed by atoms with Gasteiger partial charge in [-0.15, -0.1) is 11.3 Å². The average Bonchev–Trinajstić information content (AvgIpc) is 3.30. The van der Waals surface area contributed by atoms with Crippen molar-refractivity contribution < 1.29 is 0 Å². The summed E-state index contributed by atoms with van der Waals surface area (Å²) in [5, 5.41) is 10.2. The number of nitrogens with one attached hydrogen (secondary N) is 3. The highest BCUT2D eigenvalue weighted by atomic mass is 32.1. The molecule has 34 heavy (non-hydrogen) atoms. The number of anilines is 4. The first kappa shape index (κ1) is 23.2. The molecule has 0 radical (unpaired) electrons. The molecule has 0 amide bonds. The minimum absolute atomic E-state index is 0.477. The molecule has 6 rings (SSSR count). The van der Waals surface area contributed by atoms with E-state index in [-0.39, 0.29) is 0 Å². The van der Waals surface area contributed by atoms with Crippen LogP contribution in [0.4, 0.5) is 23.5 Å². The van der Waals surface area contributed by atoms with Crippen molar-refractivity contribution in [2.45, 2.75) is 39.5 Å². The molecule has 9 heteroatoms. The highest BCUT2D eigenvalue weighted by molar-refractivity contribution is 7.16. The van der Waals surface area contributed by atoms with Gasteiger partial charge in [0.1, 0.15) is 0 Å². The van der Waals surface area contributed by atoms with Crippen LogP contribution in [0, 0.1) is 23.2 Å². The zero-order valence-electron chi connectivity index (χ0n) is 20.6. The molecular weight excluding hydrogens is 444 g/mol. The largest absolute Gasteiger partial charge is 0.354 e. The molecule has 0 aliphatic heterocycles. The minimum atomic E-state index is 0.477. The lowest BCUT2D eigenvalue weighted by molar-refractivity contribution is -0.100. The van der Waals surface area contributed by atoms with Crippen LogP contribution in [-0.2, 0) is 0 Å². The lowest BCUT2D eigenvalue weighted by Crippen LogP contribution is -2.53. The number of hydrogen-bond acceptors (Lipinski definition) is 9. The maximum atomic E-state index is 4.78. The highest BCUT2D eigenvalue weighted by Gasteiger charge is 2.53. The Morgan fingerprint density at radius 1 is 1.15 bits per heavy atom. The van der Waals surface area contributed by atoms with E-state index in [1.165, 1.54) is 19.3 Å². The molecule has 3 aliphatic rings. The van der Waals surface area contributed by atoms with Crippen molar-refractivity contribution in [3.63, 3.8) is 0 Å². The second-order valence-electron chi connectivity index (χ2n) is 10.4. The summed E-state index contributed by atoms with van der Waals surface area (Å²) in [4.78, 5) is 20.7. The van der Waals surface area contributed by atoms with Crippen molar-refractivity contribution in [2.75, 3.05) is 49.3 Å². The van der Waals surface area contributed by atoms with Crippen LogP contribution in [0.2, 0.25) is 0 Å². The fourth-order valence-electron chi connectivity index (χ4n) is 5.75. The predicted molar refractivity (Wildman–Crippen MR) is 141 cm³/mol. The Balaban J connectivity index is 1.34. The van der Waals surface area contributed by atoms with E-state index in [1.807, 2.05) is 31.7 Å². The summed E-state index contributed by atoms with van der Waals surface area (Å²) in [5.74, 6) is 4.28. The summed E-state index contributed by atoms with van der Waals surface area (Å²) in [6, 6.07) is 6.14. The van der Waals surface area contributed by atoms with Crippen LogP contribution in [0.15, 0.2) is 23.7 Å². The number of thiazole rings is 1.